The quantitative estimate of drug-likeness (QED) is 0.384. The monoisotopic (exact) mass is 342 g/mol. The van der Waals surface area contributed by atoms with Gasteiger partial charge in [-0.2, -0.15) is 0 Å². The van der Waals surface area contributed by atoms with Gasteiger partial charge in [-0.15, -0.1) is 6.58 Å². The summed E-state index contributed by atoms with van der Waals surface area (Å²) in [5, 5.41) is 0. The minimum atomic E-state index is -1.11. The molecule has 0 N–H and O–H groups in total. The van der Waals surface area contributed by atoms with Crippen LogP contribution >= 0.6 is 8.38 Å². The highest BCUT2D eigenvalue weighted by Gasteiger charge is 2.18. The van der Waals surface area contributed by atoms with Crippen LogP contribution in [0, 0.1) is 0 Å². The van der Waals surface area contributed by atoms with Gasteiger partial charge in [-0.25, -0.2) is 0 Å². The zero-order valence-electron chi connectivity index (χ0n) is 15.0. The van der Waals surface area contributed by atoms with E-state index in [9.17, 15) is 0 Å². The van der Waals surface area contributed by atoms with Gasteiger partial charge in [0.05, 0.1) is 6.16 Å². The molecule has 0 amide bonds. The first-order chi connectivity index (χ1) is 11.5. The molecular weight excluding hydrogens is 315 g/mol. The van der Waals surface area contributed by atoms with E-state index < -0.39 is 8.38 Å². The van der Waals surface area contributed by atoms with Gasteiger partial charge in [0.2, 0.25) is 0 Å². The van der Waals surface area contributed by atoms with Gasteiger partial charge in [-0.1, -0.05) is 70.2 Å². The Morgan fingerprint density at radius 2 is 1.25 bits per heavy atom. The minimum absolute atomic E-state index is 0.407. The number of hydrogen-bond acceptors (Lipinski definition) is 2. The molecule has 2 aromatic carbocycles. The van der Waals surface area contributed by atoms with Crippen molar-refractivity contribution in [3.05, 3.63) is 72.3 Å². The lowest BCUT2D eigenvalue weighted by Gasteiger charge is -2.22. The molecule has 0 bridgehead atoms. The summed E-state index contributed by atoms with van der Waals surface area (Å²) in [6.07, 6.45) is 2.55. The SMILES string of the molecule is C=CCP(Oc1ccccc1C(C)C)Oc1ccccc1C(C)C. The van der Waals surface area contributed by atoms with Crippen molar-refractivity contribution in [2.45, 2.75) is 39.5 Å². The Hall–Kier alpha value is -1.79. The van der Waals surface area contributed by atoms with Crippen LogP contribution in [0.1, 0.15) is 50.7 Å². The second kappa shape index (κ2) is 8.89. The summed E-state index contributed by atoms with van der Waals surface area (Å²) >= 11 is 0. The first-order valence-electron chi connectivity index (χ1n) is 8.45. The van der Waals surface area contributed by atoms with Crippen LogP contribution in [0.5, 0.6) is 11.5 Å². The third-order valence-corrected chi connectivity index (χ3v) is 5.12. The average Bonchev–Trinajstić information content (AvgIpc) is 2.55. The Kier molecular flexibility index (Phi) is 6.87. The molecule has 0 spiro atoms. The molecule has 0 aliphatic carbocycles. The van der Waals surface area contributed by atoms with Crippen LogP contribution in [-0.4, -0.2) is 6.16 Å². The van der Waals surface area contributed by atoms with Gasteiger partial charge in [-0.3, -0.25) is 0 Å². The summed E-state index contributed by atoms with van der Waals surface area (Å²) in [5.41, 5.74) is 2.41. The molecule has 128 valence electrons. The third kappa shape index (κ3) is 4.85. The predicted octanol–water partition coefficient (Wildman–Crippen LogP) is 6.89. The van der Waals surface area contributed by atoms with Gasteiger partial charge < -0.3 is 9.05 Å². The van der Waals surface area contributed by atoms with Gasteiger partial charge in [0.1, 0.15) is 11.5 Å². The van der Waals surface area contributed by atoms with Gasteiger partial charge >= 0.3 is 0 Å². The zero-order valence-corrected chi connectivity index (χ0v) is 15.9. The number of hydrogen-bond donors (Lipinski definition) is 0. The number of allylic oxidation sites excluding steroid dienone is 1. The summed E-state index contributed by atoms with van der Waals surface area (Å²) in [6, 6.07) is 16.4. The molecule has 0 aliphatic heterocycles. The molecule has 0 saturated heterocycles. The van der Waals surface area contributed by atoms with Crippen molar-refractivity contribution in [3.8, 4) is 11.5 Å². The molecule has 24 heavy (non-hydrogen) atoms. The average molecular weight is 342 g/mol. The van der Waals surface area contributed by atoms with E-state index in [2.05, 4.69) is 46.4 Å². The van der Waals surface area contributed by atoms with Crippen LogP contribution in [-0.2, 0) is 0 Å². The Bertz CT molecular complexity index is 611. The second-order valence-electron chi connectivity index (χ2n) is 6.37. The van der Waals surface area contributed by atoms with E-state index >= 15 is 0 Å². The second-order valence-corrected chi connectivity index (χ2v) is 7.77. The van der Waals surface area contributed by atoms with Crippen LogP contribution in [0.25, 0.3) is 0 Å². The van der Waals surface area contributed by atoms with E-state index in [4.69, 9.17) is 9.05 Å². The van der Waals surface area contributed by atoms with Crippen LogP contribution in [0.3, 0.4) is 0 Å². The molecule has 0 fully saturated rings. The third-order valence-electron chi connectivity index (χ3n) is 3.76. The van der Waals surface area contributed by atoms with Crippen LogP contribution in [0.4, 0.5) is 0 Å². The van der Waals surface area contributed by atoms with Gasteiger partial charge in [-0.05, 0) is 35.1 Å². The minimum Gasteiger partial charge on any atom is -0.438 e. The van der Waals surface area contributed by atoms with Crippen molar-refractivity contribution in [2.24, 2.45) is 0 Å². The van der Waals surface area contributed by atoms with Gasteiger partial charge in [0.25, 0.3) is 8.38 Å². The van der Waals surface area contributed by atoms with E-state index in [1.54, 1.807) is 0 Å². The Balaban J connectivity index is 2.24. The normalized spacial score (nSPS) is 11.1. The van der Waals surface area contributed by atoms with Gasteiger partial charge in [0, 0.05) is 0 Å². The summed E-state index contributed by atoms with van der Waals surface area (Å²) in [7, 11) is -1.11. The lowest BCUT2D eigenvalue weighted by molar-refractivity contribution is 0.482. The molecule has 0 atom stereocenters. The standard InChI is InChI=1S/C21H27O2P/c1-6-15-24(22-20-13-9-7-11-18(20)16(2)3)23-21-14-10-8-12-19(21)17(4)5/h6-14,16-17H,1,15H2,2-5H3. The largest absolute Gasteiger partial charge is 0.438 e. The molecule has 0 aliphatic rings. The van der Waals surface area contributed by atoms with Crippen molar-refractivity contribution in [1.82, 2.24) is 0 Å². The molecule has 0 unspecified atom stereocenters. The van der Waals surface area contributed by atoms with Crippen molar-refractivity contribution < 1.29 is 9.05 Å². The molecule has 2 nitrogen and oxygen atoms in total. The number of benzene rings is 2. The molecule has 0 aromatic heterocycles. The Morgan fingerprint density at radius 3 is 1.62 bits per heavy atom. The maximum absolute atomic E-state index is 6.26. The topological polar surface area (TPSA) is 18.5 Å². The lowest BCUT2D eigenvalue weighted by atomic mass is 10.0. The fraction of sp³-hybridized carbons (Fsp3) is 0.333. The smallest absolute Gasteiger partial charge is 0.294 e. The van der Waals surface area contributed by atoms with E-state index in [1.165, 1.54) is 11.1 Å². The highest BCUT2D eigenvalue weighted by molar-refractivity contribution is 7.48. The fourth-order valence-corrected chi connectivity index (χ4v) is 3.67. The lowest BCUT2D eigenvalue weighted by Crippen LogP contribution is -2.03. The Morgan fingerprint density at radius 1 is 0.833 bits per heavy atom. The summed E-state index contributed by atoms with van der Waals surface area (Å²) in [6.45, 7) is 12.5. The zero-order chi connectivity index (χ0) is 17.5. The van der Waals surface area contributed by atoms with Crippen LogP contribution < -0.4 is 9.05 Å². The van der Waals surface area contributed by atoms with E-state index in [1.807, 2.05) is 42.5 Å². The summed E-state index contributed by atoms with van der Waals surface area (Å²) in [5.74, 6) is 2.62. The maximum Gasteiger partial charge on any atom is 0.294 e. The molecule has 0 radical (unpaired) electrons. The first kappa shape index (κ1) is 18.5. The molecule has 2 aromatic rings. The van der Waals surface area contributed by atoms with Crippen LogP contribution in [0.15, 0.2) is 61.2 Å². The molecule has 2 rings (SSSR count). The van der Waals surface area contributed by atoms with Gasteiger partial charge in [0.15, 0.2) is 0 Å². The van der Waals surface area contributed by atoms with Crippen molar-refractivity contribution >= 4 is 8.38 Å². The number of para-hydroxylation sites is 2. The maximum atomic E-state index is 6.26. The van der Waals surface area contributed by atoms with Crippen molar-refractivity contribution in [1.29, 1.82) is 0 Å². The summed E-state index contributed by atoms with van der Waals surface area (Å²) in [4.78, 5) is 0. The van der Waals surface area contributed by atoms with Crippen molar-refractivity contribution in [2.75, 3.05) is 6.16 Å². The number of rotatable bonds is 8. The Labute approximate surface area is 147 Å². The van der Waals surface area contributed by atoms with E-state index in [-0.39, 0.29) is 0 Å². The summed E-state index contributed by atoms with van der Waals surface area (Å²) < 4.78 is 12.5. The highest BCUT2D eigenvalue weighted by Crippen LogP contribution is 2.44. The molecule has 0 heterocycles. The predicted molar refractivity (Wildman–Crippen MR) is 104 cm³/mol. The highest BCUT2D eigenvalue weighted by atomic mass is 31.2. The molecule has 0 saturated carbocycles. The fourth-order valence-electron chi connectivity index (χ4n) is 2.50. The van der Waals surface area contributed by atoms with E-state index in [0.29, 0.717) is 18.0 Å². The van der Waals surface area contributed by atoms with Crippen LogP contribution in [0.2, 0.25) is 0 Å². The van der Waals surface area contributed by atoms with E-state index in [0.717, 1.165) is 11.5 Å². The first-order valence-corrected chi connectivity index (χ1v) is 9.81. The molecule has 3 heteroatoms. The molecular formula is C21H27O2P. The van der Waals surface area contributed by atoms with Crippen molar-refractivity contribution in [3.63, 3.8) is 0 Å².